The smallest absolute Gasteiger partial charge is 0.271 e. The first-order valence-corrected chi connectivity index (χ1v) is 1.53. The predicted molar refractivity (Wildman–Crippen MR) is 16.3 cm³/mol. The molecule has 1 aliphatic rings. The van der Waals surface area contributed by atoms with Gasteiger partial charge in [-0.25, -0.2) is 8.78 Å². The summed E-state index contributed by atoms with van der Waals surface area (Å²) in [4.78, 5) is 2.20. The van der Waals surface area contributed by atoms with Crippen molar-refractivity contribution >= 4 is 6.21 Å². The highest BCUT2D eigenvalue weighted by Gasteiger charge is 2.28. The maximum Gasteiger partial charge on any atom is 0.271 e. The maximum absolute atomic E-state index is 11.4. The Kier molecular flexibility index (Phi) is 0.431. The van der Waals surface area contributed by atoms with Crippen LogP contribution in [0.2, 0.25) is 0 Å². The van der Waals surface area contributed by atoms with Gasteiger partial charge in [-0.3, -0.25) is 0 Å². The van der Waals surface area contributed by atoms with Crippen LogP contribution in [0, 0.1) is 6.54 Å². The van der Waals surface area contributed by atoms with E-state index in [0.717, 1.165) is 12.8 Å². The molecule has 0 aromatic heterocycles. The van der Waals surface area contributed by atoms with Crippen LogP contribution in [0.3, 0.4) is 0 Å². The van der Waals surface area contributed by atoms with Crippen LogP contribution in [0.15, 0.2) is 0 Å². The highest BCUT2D eigenvalue weighted by atomic mass is 19.3. The zero-order valence-corrected chi connectivity index (χ0v) is 2.91. The minimum absolute atomic E-state index is 0.729. The summed E-state index contributed by atoms with van der Waals surface area (Å²) < 4.78 is 22.7. The molecule has 0 saturated carbocycles. The molecule has 0 aromatic rings. The van der Waals surface area contributed by atoms with E-state index in [-0.39, 0.29) is 0 Å². The van der Waals surface area contributed by atoms with Gasteiger partial charge in [-0.1, -0.05) is 0 Å². The van der Waals surface area contributed by atoms with Gasteiger partial charge in [-0.15, -0.1) is 0 Å². The number of rotatable bonds is 0. The first-order chi connectivity index (χ1) is 2.71. The number of halogens is 2. The van der Waals surface area contributed by atoms with E-state index in [1.54, 1.807) is 0 Å². The molecule has 0 bridgehead atoms. The minimum atomic E-state index is -2.64. The lowest BCUT2D eigenvalue weighted by atomic mass is 10.3. The molecule has 3 heteroatoms. The molecule has 1 N–H and O–H groups in total. The van der Waals surface area contributed by atoms with Gasteiger partial charge in [0, 0.05) is 0 Å². The summed E-state index contributed by atoms with van der Waals surface area (Å²) in [6.07, 6.45) is 0.729. The molecule has 0 aliphatic carbocycles. The van der Waals surface area contributed by atoms with Gasteiger partial charge >= 0.3 is 0 Å². The number of alkyl halides is 2. The Labute approximate surface area is 33.7 Å². The van der Waals surface area contributed by atoms with Crippen molar-refractivity contribution in [2.75, 3.05) is 0 Å². The number of hydrogen-bond acceptors (Lipinski definition) is 0. The van der Waals surface area contributed by atoms with Crippen molar-refractivity contribution in [1.29, 1.82) is 0 Å². The van der Waals surface area contributed by atoms with E-state index in [1.165, 1.54) is 0 Å². The molecule has 0 fully saturated rings. The molecule has 0 aromatic carbocycles. The molecule has 0 saturated heterocycles. The average Bonchev–Trinajstić information content (AvgIpc) is 1.32. The number of hydrogen-bond donors (Lipinski definition) is 1. The van der Waals surface area contributed by atoms with Crippen molar-refractivity contribution < 1.29 is 13.8 Å². The van der Waals surface area contributed by atoms with Gasteiger partial charge < -0.3 is 4.99 Å². The fourth-order valence-electron chi connectivity index (χ4n) is 0.209. The van der Waals surface area contributed by atoms with Gasteiger partial charge in [0.05, 0.1) is 12.8 Å². The van der Waals surface area contributed by atoms with E-state index in [0.29, 0.717) is 0 Å². The molecule has 0 atom stereocenters. The third-order valence-corrected chi connectivity index (χ3v) is 0.552. The molecule has 1 nitrogen and oxygen atoms in total. The lowest BCUT2D eigenvalue weighted by molar-refractivity contribution is -0.468. The Morgan fingerprint density at radius 2 is 2.00 bits per heavy atom. The Morgan fingerprint density at radius 1 is 1.67 bits per heavy atom. The molecular formula is C3H3F2N. The second-order valence-corrected chi connectivity index (χ2v) is 1.13. The van der Waals surface area contributed by atoms with E-state index >= 15 is 0 Å². The third kappa shape index (κ3) is 0.358. The summed E-state index contributed by atoms with van der Waals surface area (Å²) in [6, 6.07) is 0. The van der Waals surface area contributed by atoms with Gasteiger partial charge in [0.1, 0.15) is 0 Å². The normalized spacial score (nSPS) is 25.0. The molecule has 0 unspecified atom stereocenters. The molecule has 0 spiro atoms. The first-order valence-electron chi connectivity index (χ1n) is 1.53. The molecule has 34 valence electrons. The maximum atomic E-state index is 11.4. The second-order valence-electron chi connectivity index (χ2n) is 1.13. The van der Waals surface area contributed by atoms with Crippen molar-refractivity contribution in [2.24, 2.45) is 0 Å². The summed E-state index contributed by atoms with van der Waals surface area (Å²) >= 11 is 0. The molecule has 0 radical (unpaired) electrons. The first kappa shape index (κ1) is 3.59. The fraction of sp³-hybridized carbons (Fsp3) is 0.333. The monoisotopic (exact) mass is 91.0 g/mol. The van der Waals surface area contributed by atoms with E-state index in [9.17, 15) is 8.78 Å². The van der Waals surface area contributed by atoms with Gasteiger partial charge in [-0.05, 0) is 0 Å². The van der Waals surface area contributed by atoms with Gasteiger partial charge in [0.2, 0.25) is 0 Å². The summed E-state index contributed by atoms with van der Waals surface area (Å²) in [6.45, 7) is 0.729. The zero-order chi connectivity index (χ0) is 4.62. The Bertz CT molecular complexity index is 86.8. The van der Waals surface area contributed by atoms with E-state index in [2.05, 4.69) is 4.99 Å². The van der Waals surface area contributed by atoms with E-state index in [1.807, 2.05) is 0 Å². The highest BCUT2D eigenvalue weighted by Crippen LogP contribution is 2.10. The topological polar surface area (TPSA) is 14.0 Å². The van der Waals surface area contributed by atoms with Crippen LogP contribution in [0.1, 0.15) is 0 Å². The second kappa shape index (κ2) is 0.721. The van der Waals surface area contributed by atoms with Crippen LogP contribution >= 0.6 is 0 Å². The van der Waals surface area contributed by atoms with Crippen LogP contribution in [-0.2, 0) is 0 Å². The molecule has 1 aliphatic heterocycles. The molecule has 1 rings (SSSR count). The van der Waals surface area contributed by atoms with E-state index in [4.69, 9.17) is 0 Å². The molecular weight excluding hydrogens is 88.0 g/mol. The standard InChI is InChI=1S/C3H3F2N/c4-3(5)1-6-2-3/h1-2,6H. The Hall–Kier alpha value is -0.600. The van der Waals surface area contributed by atoms with Crippen LogP contribution < -0.4 is 4.99 Å². The lowest BCUT2D eigenvalue weighted by Crippen LogP contribution is -2.81. The molecule has 0 amide bonds. The summed E-state index contributed by atoms with van der Waals surface area (Å²) in [5.41, 5.74) is 0. The third-order valence-electron chi connectivity index (χ3n) is 0.552. The summed E-state index contributed by atoms with van der Waals surface area (Å²) in [5, 5.41) is 0. The van der Waals surface area contributed by atoms with Crippen LogP contribution in [0.5, 0.6) is 0 Å². The largest absolute Gasteiger partial charge is 0.374 e. The number of nitrogens with one attached hydrogen (secondary N) is 1. The summed E-state index contributed by atoms with van der Waals surface area (Å²) in [5.74, 6) is -2.64. The average molecular weight is 91.1 g/mol. The lowest BCUT2D eigenvalue weighted by Gasteiger charge is -2.17. The van der Waals surface area contributed by atoms with Crippen LogP contribution in [0.4, 0.5) is 8.78 Å². The highest BCUT2D eigenvalue weighted by molar-refractivity contribution is 5.65. The fourth-order valence-corrected chi connectivity index (χ4v) is 0.209. The van der Waals surface area contributed by atoms with Crippen molar-refractivity contribution in [3.63, 3.8) is 0 Å². The minimum Gasteiger partial charge on any atom is -0.374 e. The van der Waals surface area contributed by atoms with Crippen LogP contribution in [0.25, 0.3) is 0 Å². The van der Waals surface area contributed by atoms with Crippen molar-refractivity contribution in [1.82, 2.24) is 0 Å². The van der Waals surface area contributed by atoms with Crippen molar-refractivity contribution in [3.8, 4) is 0 Å². The Morgan fingerprint density at radius 3 is 2.00 bits per heavy atom. The van der Waals surface area contributed by atoms with Gasteiger partial charge in [0.15, 0.2) is 0 Å². The van der Waals surface area contributed by atoms with Gasteiger partial charge in [-0.2, -0.15) is 0 Å². The molecule has 1 heterocycles. The zero-order valence-electron chi connectivity index (χ0n) is 2.91. The predicted octanol–water partition coefficient (Wildman–Crippen LogP) is -1.05. The SMILES string of the molecule is FC1(F)C=[NH+][CH-]1. The van der Waals surface area contributed by atoms with Crippen LogP contribution in [-0.4, -0.2) is 12.1 Å². The van der Waals surface area contributed by atoms with Crippen molar-refractivity contribution in [3.05, 3.63) is 6.54 Å². The van der Waals surface area contributed by atoms with E-state index < -0.39 is 5.92 Å². The summed E-state index contributed by atoms with van der Waals surface area (Å²) in [7, 11) is 0. The Balaban J connectivity index is 2.57. The van der Waals surface area contributed by atoms with Crippen molar-refractivity contribution in [2.45, 2.75) is 5.92 Å². The van der Waals surface area contributed by atoms with Gasteiger partial charge in [0.25, 0.3) is 5.92 Å². The quantitative estimate of drug-likeness (QED) is 0.366. The molecule has 6 heavy (non-hydrogen) atoms.